The lowest BCUT2D eigenvalue weighted by Gasteiger charge is -2.35. The molecule has 1 fully saturated rings. The van der Waals surface area contributed by atoms with E-state index >= 15 is 0 Å². The minimum atomic E-state index is 0.478. The van der Waals surface area contributed by atoms with Crippen molar-refractivity contribution in [3.05, 3.63) is 29.3 Å². The molecule has 1 atom stereocenters. The van der Waals surface area contributed by atoms with Crippen molar-refractivity contribution in [2.24, 2.45) is 4.99 Å². The molecule has 27 heavy (non-hydrogen) atoms. The summed E-state index contributed by atoms with van der Waals surface area (Å²) < 4.78 is 5.59. The van der Waals surface area contributed by atoms with E-state index in [2.05, 4.69) is 59.5 Å². The highest BCUT2D eigenvalue weighted by Gasteiger charge is 2.18. The molecule has 6 nitrogen and oxygen atoms in total. The van der Waals surface area contributed by atoms with Crippen molar-refractivity contribution in [3.8, 4) is 5.75 Å². The maximum atomic E-state index is 5.59. The van der Waals surface area contributed by atoms with Crippen LogP contribution in [0.5, 0.6) is 5.75 Å². The van der Waals surface area contributed by atoms with Crippen molar-refractivity contribution in [2.45, 2.75) is 32.7 Å². The van der Waals surface area contributed by atoms with E-state index in [0.717, 1.165) is 77.0 Å². The smallest absolute Gasteiger partial charge is 0.191 e. The second kappa shape index (κ2) is 9.95. The van der Waals surface area contributed by atoms with Gasteiger partial charge in [-0.25, -0.2) is 0 Å². The van der Waals surface area contributed by atoms with Gasteiger partial charge in [-0.1, -0.05) is 12.1 Å². The van der Waals surface area contributed by atoms with Gasteiger partial charge in [0.15, 0.2) is 5.96 Å². The van der Waals surface area contributed by atoms with E-state index in [9.17, 15) is 0 Å². The Hall–Kier alpha value is -1.79. The average Bonchev–Trinajstić information content (AvgIpc) is 3.14. The zero-order chi connectivity index (χ0) is 19.1. The fraction of sp³-hybridized carbons (Fsp3) is 0.667. The number of aliphatic imine (C=N–C) groups is 1. The summed E-state index contributed by atoms with van der Waals surface area (Å²) in [5.41, 5.74) is 2.70. The topological polar surface area (TPSA) is 52.1 Å². The molecule has 1 aromatic carbocycles. The SMILES string of the molecule is CCNC(=NCC(C)N1CCN(C)CC1)NCCc1ccc2c(c1)CCO2. The van der Waals surface area contributed by atoms with Gasteiger partial charge in [0.1, 0.15) is 5.75 Å². The van der Waals surface area contributed by atoms with Crippen LogP contribution in [0.15, 0.2) is 23.2 Å². The fourth-order valence-corrected chi connectivity index (χ4v) is 3.66. The summed E-state index contributed by atoms with van der Waals surface area (Å²) in [7, 11) is 2.20. The van der Waals surface area contributed by atoms with Gasteiger partial charge in [0.25, 0.3) is 0 Å². The van der Waals surface area contributed by atoms with Gasteiger partial charge >= 0.3 is 0 Å². The molecular formula is C21H35N5O. The molecule has 0 aromatic heterocycles. The van der Waals surface area contributed by atoms with Crippen LogP contribution in [0.2, 0.25) is 0 Å². The highest BCUT2D eigenvalue weighted by molar-refractivity contribution is 5.79. The molecule has 2 aliphatic rings. The summed E-state index contributed by atoms with van der Waals surface area (Å²) in [4.78, 5) is 9.75. The van der Waals surface area contributed by atoms with E-state index in [-0.39, 0.29) is 0 Å². The monoisotopic (exact) mass is 373 g/mol. The van der Waals surface area contributed by atoms with Gasteiger partial charge in [0.2, 0.25) is 0 Å². The predicted molar refractivity (Wildman–Crippen MR) is 112 cm³/mol. The molecule has 2 N–H and O–H groups in total. The third kappa shape index (κ3) is 5.84. The molecule has 1 saturated heterocycles. The number of piperazine rings is 1. The van der Waals surface area contributed by atoms with E-state index in [4.69, 9.17) is 9.73 Å². The average molecular weight is 374 g/mol. The lowest BCUT2D eigenvalue weighted by atomic mass is 10.1. The van der Waals surface area contributed by atoms with Crippen LogP contribution < -0.4 is 15.4 Å². The third-order valence-corrected chi connectivity index (χ3v) is 5.48. The molecule has 0 amide bonds. The van der Waals surface area contributed by atoms with Crippen molar-refractivity contribution in [1.29, 1.82) is 0 Å². The van der Waals surface area contributed by atoms with Crippen molar-refractivity contribution in [3.63, 3.8) is 0 Å². The van der Waals surface area contributed by atoms with E-state index in [1.54, 1.807) is 0 Å². The van der Waals surface area contributed by atoms with Crippen LogP contribution in [0.1, 0.15) is 25.0 Å². The maximum absolute atomic E-state index is 5.59. The molecule has 2 aliphatic heterocycles. The second-order valence-electron chi connectivity index (χ2n) is 7.63. The zero-order valence-electron chi connectivity index (χ0n) is 17.1. The maximum Gasteiger partial charge on any atom is 0.191 e. The minimum absolute atomic E-state index is 0.478. The molecule has 0 saturated carbocycles. The lowest BCUT2D eigenvalue weighted by Crippen LogP contribution is -2.49. The van der Waals surface area contributed by atoms with Crippen molar-refractivity contribution >= 4 is 5.96 Å². The first-order valence-corrected chi connectivity index (χ1v) is 10.3. The molecule has 0 spiro atoms. The standard InChI is InChI=1S/C21H35N5O/c1-4-22-21(24-16-17(2)26-12-10-25(3)11-13-26)23-9-7-18-5-6-20-19(15-18)8-14-27-20/h5-6,15,17H,4,7-14,16H2,1-3H3,(H2,22,23,24). The first-order chi connectivity index (χ1) is 13.2. The molecule has 2 heterocycles. The fourth-order valence-electron chi connectivity index (χ4n) is 3.66. The Balaban J connectivity index is 1.45. The van der Waals surface area contributed by atoms with Gasteiger partial charge in [-0.3, -0.25) is 9.89 Å². The summed E-state index contributed by atoms with van der Waals surface area (Å²) in [5.74, 6) is 1.97. The normalized spacial score (nSPS) is 19.4. The first-order valence-electron chi connectivity index (χ1n) is 10.3. The number of nitrogens with one attached hydrogen (secondary N) is 2. The number of hydrogen-bond acceptors (Lipinski definition) is 4. The summed E-state index contributed by atoms with van der Waals surface area (Å²) >= 11 is 0. The Labute approximate surface area is 164 Å². The number of rotatable bonds is 7. The Morgan fingerprint density at radius 1 is 1.22 bits per heavy atom. The van der Waals surface area contributed by atoms with Gasteiger partial charge in [-0.05, 0) is 44.5 Å². The van der Waals surface area contributed by atoms with Crippen LogP contribution in [0.4, 0.5) is 0 Å². The molecule has 0 aliphatic carbocycles. The summed E-state index contributed by atoms with van der Waals surface area (Å²) in [6, 6.07) is 7.04. The van der Waals surface area contributed by atoms with Crippen molar-refractivity contribution in [1.82, 2.24) is 20.4 Å². The van der Waals surface area contributed by atoms with Crippen LogP contribution >= 0.6 is 0 Å². The quantitative estimate of drug-likeness (QED) is 0.558. The number of nitrogens with zero attached hydrogens (tertiary/aromatic N) is 3. The number of benzene rings is 1. The third-order valence-electron chi connectivity index (χ3n) is 5.48. The molecule has 1 aromatic rings. The van der Waals surface area contributed by atoms with Gasteiger partial charge in [-0.15, -0.1) is 0 Å². The molecule has 3 rings (SSSR count). The Morgan fingerprint density at radius 2 is 2.04 bits per heavy atom. The zero-order valence-corrected chi connectivity index (χ0v) is 17.1. The van der Waals surface area contributed by atoms with E-state index in [1.165, 1.54) is 11.1 Å². The minimum Gasteiger partial charge on any atom is -0.493 e. The molecule has 1 unspecified atom stereocenters. The molecule has 0 bridgehead atoms. The Morgan fingerprint density at radius 3 is 2.81 bits per heavy atom. The highest BCUT2D eigenvalue weighted by Crippen LogP contribution is 2.25. The first kappa shape index (κ1) is 20.0. The highest BCUT2D eigenvalue weighted by atomic mass is 16.5. The number of hydrogen-bond donors (Lipinski definition) is 2. The molecule has 6 heteroatoms. The predicted octanol–water partition coefficient (Wildman–Crippen LogP) is 1.36. The van der Waals surface area contributed by atoms with Crippen LogP contribution in [-0.2, 0) is 12.8 Å². The van der Waals surface area contributed by atoms with Crippen molar-refractivity contribution < 1.29 is 4.74 Å². The van der Waals surface area contributed by atoms with Gasteiger partial charge in [0.05, 0.1) is 13.2 Å². The van der Waals surface area contributed by atoms with Crippen LogP contribution in [-0.4, -0.2) is 81.3 Å². The Kier molecular flexibility index (Phi) is 7.35. The number of fused-ring (bicyclic) bond motifs is 1. The van der Waals surface area contributed by atoms with Gasteiger partial charge < -0.3 is 20.3 Å². The van der Waals surface area contributed by atoms with Crippen LogP contribution in [0.25, 0.3) is 0 Å². The van der Waals surface area contributed by atoms with E-state index in [0.29, 0.717) is 6.04 Å². The largest absolute Gasteiger partial charge is 0.493 e. The van der Waals surface area contributed by atoms with Crippen molar-refractivity contribution in [2.75, 3.05) is 59.5 Å². The van der Waals surface area contributed by atoms with E-state index < -0.39 is 0 Å². The summed E-state index contributed by atoms with van der Waals surface area (Å²) in [5, 5.41) is 6.85. The van der Waals surface area contributed by atoms with Crippen LogP contribution in [0, 0.1) is 0 Å². The number of guanidine groups is 1. The second-order valence-corrected chi connectivity index (χ2v) is 7.63. The van der Waals surface area contributed by atoms with E-state index in [1.807, 2.05) is 0 Å². The lowest BCUT2D eigenvalue weighted by molar-refractivity contribution is 0.122. The number of ether oxygens (including phenoxy) is 1. The molecule has 150 valence electrons. The van der Waals surface area contributed by atoms with Gasteiger partial charge in [0, 0.05) is 51.7 Å². The number of likely N-dealkylation sites (N-methyl/N-ethyl adjacent to an activating group) is 1. The Bertz CT molecular complexity index is 625. The van der Waals surface area contributed by atoms with Gasteiger partial charge in [-0.2, -0.15) is 0 Å². The van der Waals surface area contributed by atoms with Crippen LogP contribution in [0.3, 0.4) is 0 Å². The molecular weight excluding hydrogens is 338 g/mol. The summed E-state index contributed by atoms with van der Waals surface area (Å²) in [6.07, 6.45) is 2.02. The summed E-state index contributed by atoms with van der Waals surface area (Å²) in [6.45, 7) is 12.4. The molecule has 0 radical (unpaired) electrons.